The predicted molar refractivity (Wildman–Crippen MR) is 147 cm³/mol. The molecule has 3 aromatic rings. The largest absolute Gasteiger partial charge is 0.416 e. The van der Waals surface area contributed by atoms with Gasteiger partial charge < -0.3 is 20.7 Å². The van der Waals surface area contributed by atoms with Crippen LogP contribution in [0.3, 0.4) is 0 Å². The zero-order chi connectivity index (χ0) is 29.4. The highest BCUT2D eigenvalue weighted by Gasteiger charge is 2.31. The number of morpholine rings is 1. The maximum Gasteiger partial charge on any atom is 0.416 e. The number of alkyl halides is 3. The Kier molecular flexibility index (Phi) is 9.48. The summed E-state index contributed by atoms with van der Waals surface area (Å²) in [5.74, 6) is -1.75. The normalized spacial score (nSPS) is 14.1. The molecule has 2 heterocycles. The Morgan fingerprint density at radius 2 is 1.78 bits per heavy atom. The van der Waals surface area contributed by atoms with Gasteiger partial charge in [-0.25, -0.2) is 0 Å². The number of nitrogens with two attached hydrogens (primary N) is 1. The summed E-state index contributed by atoms with van der Waals surface area (Å²) in [7, 11) is 0. The van der Waals surface area contributed by atoms with E-state index in [0.717, 1.165) is 25.2 Å². The zero-order valence-corrected chi connectivity index (χ0v) is 21.9. The topological polar surface area (TPSA) is 118 Å². The summed E-state index contributed by atoms with van der Waals surface area (Å²) in [6.45, 7) is 3.56. The van der Waals surface area contributed by atoms with Gasteiger partial charge in [-0.05, 0) is 48.0 Å². The van der Waals surface area contributed by atoms with Gasteiger partial charge in [0.2, 0.25) is 5.91 Å². The van der Waals surface area contributed by atoms with Crippen molar-refractivity contribution in [2.24, 2.45) is 5.73 Å². The first-order chi connectivity index (χ1) is 19.6. The molecular weight excluding hydrogens is 539 g/mol. The number of hydrogen-bond acceptors (Lipinski definition) is 6. The minimum absolute atomic E-state index is 0.140. The van der Waals surface area contributed by atoms with E-state index in [0.29, 0.717) is 43.2 Å². The molecule has 3 amide bonds. The third kappa shape index (κ3) is 8.22. The Morgan fingerprint density at radius 3 is 2.51 bits per heavy atom. The molecule has 0 unspecified atom stereocenters. The van der Waals surface area contributed by atoms with Crippen molar-refractivity contribution in [3.05, 3.63) is 95.3 Å². The fraction of sp³-hybridized carbons (Fsp3) is 0.241. The standard InChI is InChI=1S/C29H28F3N5O4/c30-29(31,32)23-5-2-4-21(16-23)28(40)35-24-6-1-3-20(15-24)7-8-26(38)37(10-9-36-11-13-41-14-12-36)25-17-22(27(33)39)18-34-19-25/h1-8,15-19H,9-14H2,(H2,33,39)(H,35,40)/b8-7+. The molecule has 0 aliphatic carbocycles. The summed E-state index contributed by atoms with van der Waals surface area (Å²) < 4.78 is 44.4. The average molecular weight is 568 g/mol. The number of rotatable bonds is 9. The molecule has 3 N–H and O–H groups in total. The molecule has 41 heavy (non-hydrogen) atoms. The van der Waals surface area contributed by atoms with Gasteiger partial charge in [-0.3, -0.25) is 24.3 Å². The Morgan fingerprint density at radius 1 is 1.02 bits per heavy atom. The maximum atomic E-state index is 13.3. The van der Waals surface area contributed by atoms with E-state index in [-0.39, 0.29) is 17.0 Å². The summed E-state index contributed by atoms with van der Waals surface area (Å²) in [6.07, 6.45) is 1.13. The van der Waals surface area contributed by atoms with Crippen LogP contribution in [0.25, 0.3) is 6.08 Å². The number of amides is 3. The molecule has 1 aliphatic rings. The van der Waals surface area contributed by atoms with Crippen LogP contribution < -0.4 is 16.0 Å². The van der Waals surface area contributed by atoms with E-state index in [4.69, 9.17) is 10.5 Å². The van der Waals surface area contributed by atoms with Crippen LogP contribution in [0.4, 0.5) is 24.5 Å². The van der Waals surface area contributed by atoms with Gasteiger partial charge in [-0.1, -0.05) is 18.2 Å². The SMILES string of the molecule is NC(=O)c1cncc(N(CCN2CCOCC2)C(=O)/C=C/c2cccc(NC(=O)c3cccc(C(F)(F)F)c3)c2)c1. The van der Waals surface area contributed by atoms with Crippen molar-refractivity contribution in [2.75, 3.05) is 49.6 Å². The lowest BCUT2D eigenvalue weighted by Crippen LogP contribution is -2.43. The van der Waals surface area contributed by atoms with Gasteiger partial charge in [0.15, 0.2) is 0 Å². The quantitative estimate of drug-likeness (QED) is 0.380. The van der Waals surface area contributed by atoms with Crippen LogP contribution in [-0.2, 0) is 15.7 Å². The van der Waals surface area contributed by atoms with Crippen LogP contribution >= 0.6 is 0 Å². The van der Waals surface area contributed by atoms with Crippen LogP contribution in [0.15, 0.2) is 73.1 Å². The van der Waals surface area contributed by atoms with E-state index in [1.165, 1.54) is 41.6 Å². The highest BCUT2D eigenvalue weighted by molar-refractivity contribution is 6.06. The number of anilines is 2. The first-order valence-electron chi connectivity index (χ1n) is 12.7. The zero-order valence-electron chi connectivity index (χ0n) is 21.9. The number of primary amides is 1. The van der Waals surface area contributed by atoms with Crippen LogP contribution in [0.2, 0.25) is 0 Å². The molecule has 0 saturated carbocycles. The molecule has 9 nitrogen and oxygen atoms in total. The monoisotopic (exact) mass is 567 g/mol. The van der Waals surface area contributed by atoms with Crippen LogP contribution in [-0.4, -0.2) is 67.0 Å². The lowest BCUT2D eigenvalue weighted by Gasteiger charge is -2.29. The van der Waals surface area contributed by atoms with Gasteiger partial charge in [-0.2, -0.15) is 13.2 Å². The van der Waals surface area contributed by atoms with E-state index in [1.807, 2.05) is 0 Å². The third-order valence-corrected chi connectivity index (χ3v) is 6.34. The number of carbonyl (C=O) groups is 3. The van der Waals surface area contributed by atoms with Crippen molar-refractivity contribution >= 4 is 35.2 Å². The molecular formula is C29H28F3N5O4. The number of nitrogens with one attached hydrogen (secondary N) is 1. The number of nitrogens with zero attached hydrogens (tertiary/aromatic N) is 3. The number of hydrogen-bond donors (Lipinski definition) is 2. The van der Waals surface area contributed by atoms with Crippen molar-refractivity contribution in [1.29, 1.82) is 0 Å². The van der Waals surface area contributed by atoms with Gasteiger partial charge in [-0.15, -0.1) is 0 Å². The number of pyridine rings is 1. The highest BCUT2D eigenvalue weighted by Crippen LogP contribution is 2.29. The van der Waals surface area contributed by atoms with E-state index in [2.05, 4.69) is 15.2 Å². The van der Waals surface area contributed by atoms with Gasteiger partial charge in [0, 0.05) is 49.7 Å². The fourth-order valence-electron chi connectivity index (χ4n) is 4.16. The fourth-order valence-corrected chi connectivity index (χ4v) is 4.16. The van der Waals surface area contributed by atoms with Crippen LogP contribution in [0.1, 0.15) is 31.8 Å². The van der Waals surface area contributed by atoms with E-state index in [1.54, 1.807) is 30.3 Å². The number of halogens is 3. The summed E-state index contributed by atoms with van der Waals surface area (Å²) in [4.78, 5) is 45.3. The van der Waals surface area contributed by atoms with Gasteiger partial charge in [0.25, 0.3) is 11.8 Å². The Hall–Kier alpha value is -4.55. The lowest BCUT2D eigenvalue weighted by atomic mass is 10.1. The van der Waals surface area contributed by atoms with Gasteiger partial charge in [0.1, 0.15) is 0 Å². The van der Waals surface area contributed by atoms with Crippen molar-refractivity contribution in [2.45, 2.75) is 6.18 Å². The number of ether oxygens (including phenoxy) is 1. The predicted octanol–water partition coefficient (Wildman–Crippen LogP) is 3.83. The van der Waals surface area contributed by atoms with Crippen LogP contribution in [0, 0.1) is 0 Å². The second-order valence-corrected chi connectivity index (χ2v) is 9.23. The number of aromatic nitrogens is 1. The minimum Gasteiger partial charge on any atom is -0.379 e. The summed E-state index contributed by atoms with van der Waals surface area (Å²) in [5, 5.41) is 2.58. The van der Waals surface area contributed by atoms with Crippen LogP contribution in [0.5, 0.6) is 0 Å². The molecule has 0 spiro atoms. The van der Waals surface area contributed by atoms with E-state index < -0.39 is 23.6 Å². The van der Waals surface area contributed by atoms with Crippen molar-refractivity contribution < 1.29 is 32.3 Å². The van der Waals surface area contributed by atoms with E-state index in [9.17, 15) is 27.6 Å². The molecule has 0 radical (unpaired) electrons. The van der Waals surface area contributed by atoms with Crippen molar-refractivity contribution in [1.82, 2.24) is 9.88 Å². The van der Waals surface area contributed by atoms with E-state index >= 15 is 0 Å². The Labute approximate surface area is 234 Å². The summed E-state index contributed by atoms with van der Waals surface area (Å²) in [6, 6.07) is 12.2. The second-order valence-electron chi connectivity index (χ2n) is 9.23. The molecule has 214 valence electrons. The molecule has 1 aromatic heterocycles. The molecule has 1 aliphatic heterocycles. The average Bonchev–Trinajstić information content (AvgIpc) is 2.96. The second kappa shape index (κ2) is 13.2. The molecule has 0 bridgehead atoms. The molecule has 1 fully saturated rings. The first-order valence-corrected chi connectivity index (χ1v) is 12.7. The van der Waals surface area contributed by atoms with Crippen molar-refractivity contribution in [3.8, 4) is 0 Å². The van der Waals surface area contributed by atoms with Gasteiger partial charge >= 0.3 is 6.18 Å². The minimum atomic E-state index is -4.57. The smallest absolute Gasteiger partial charge is 0.379 e. The molecule has 4 rings (SSSR count). The maximum absolute atomic E-state index is 13.3. The lowest BCUT2D eigenvalue weighted by molar-refractivity contribution is -0.137. The van der Waals surface area contributed by atoms with Gasteiger partial charge in [0.05, 0.1) is 36.2 Å². The molecule has 0 atom stereocenters. The molecule has 12 heteroatoms. The first kappa shape index (κ1) is 29.4. The number of carbonyl (C=O) groups excluding carboxylic acids is 3. The Bertz CT molecular complexity index is 1440. The highest BCUT2D eigenvalue weighted by atomic mass is 19.4. The molecule has 1 saturated heterocycles. The summed E-state index contributed by atoms with van der Waals surface area (Å²) in [5.41, 5.74) is 5.82. The Balaban J connectivity index is 1.49. The summed E-state index contributed by atoms with van der Waals surface area (Å²) >= 11 is 0. The third-order valence-electron chi connectivity index (χ3n) is 6.34. The van der Waals surface area contributed by atoms with Crippen molar-refractivity contribution in [3.63, 3.8) is 0 Å². The number of benzene rings is 2. The molecule has 2 aromatic carbocycles.